The topological polar surface area (TPSA) is 109 Å². The number of nitrogens with one attached hydrogen (secondary N) is 1. The summed E-state index contributed by atoms with van der Waals surface area (Å²) in [4.78, 5) is 27.3. The highest BCUT2D eigenvalue weighted by atomic mass is 16.6. The fraction of sp³-hybridized carbons (Fsp3) is 0.273. The van der Waals surface area contributed by atoms with Crippen LogP contribution in [0.5, 0.6) is 11.5 Å². The van der Waals surface area contributed by atoms with Crippen LogP contribution in [-0.4, -0.2) is 39.1 Å². The van der Waals surface area contributed by atoms with Gasteiger partial charge in [-0.25, -0.2) is 4.98 Å². The zero-order valence-corrected chi connectivity index (χ0v) is 17.2. The van der Waals surface area contributed by atoms with Crippen molar-refractivity contribution in [1.82, 2.24) is 14.9 Å². The van der Waals surface area contributed by atoms with Crippen molar-refractivity contribution >= 4 is 11.6 Å². The van der Waals surface area contributed by atoms with Crippen LogP contribution in [-0.2, 0) is 6.42 Å². The molecule has 0 saturated carbocycles. The average molecular weight is 422 g/mol. The second-order valence-corrected chi connectivity index (χ2v) is 7.82. The largest absolute Gasteiger partial charge is 0.488 e. The van der Waals surface area contributed by atoms with Crippen LogP contribution in [0.2, 0.25) is 0 Å². The third-order valence-electron chi connectivity index (χ3n) is 4.92. The molecule has 1 N–H and O–H groups in total. The summed E-state index contributed by atoms with van der Waals surface area (Å²) in [7, 11) is 0. The zero-order chi connectivity index (χ0) is 22.0. The first-order valence-corrected chi connectivity index (χ1v) is 9.83. The molecule has 3 aromatic rings. The van der Waals surface area contributed by atoms with Crippen LogP contribution < -0.4 is 14.8 Å². The quantitative estimate of drug-likeness (QED) is 0.356. The molecule has 2 aromatic carbocycles. The van der Waals surface area contributed by atoms with Gasteiger partial charge in [0.05, 0.1) is 17.8 Å². The Kier molecular flexibility index (Phi) is 5.33. The number of carbonyl (C=O) groups is 1. The van der Waals surface area contributed by atoms with Gasteiger partial charge in [0.15, 0.2) is 11.5 Å². The van der Waals surface area contributed by atoms with E-state index in [0.717, 1.165) is 17.7 Å². The van der Waals surface area contributed by atoms with Crippen molar-refractivity contribution in [2.45, 2.75) is 25.9 Å². The van der Waals surface area contributed by atoms with Crippen molar-refractivity contribution in [3.05, 3.63) is 76.4 Å². The molecule has 2 heterocycles. The summed E-state index contributed by atoms with van der Waals surface area (Å²) >= 11 is 0. The molecule has 1 aliphatic heterocycles. The Hall–Kier alpha value is -3.88. The zero-order valence-electron chi connectivity index (χ0n) is 17.2. The van der Waals surface area contributed by atoms with E-state index in [9.17, 15) is 14.9 Å². The van der Waals surface area contributed by atoms with Gasteiger partial charge >= 0.3 is 0 Å². The van der Waals surface area contributed by atoms with Gasteiger partial charge in [-0.2, -0.15) is 0 Å². The summed E-state index contributed by atoms with van der Waals surface area (Å²) in [6.07, 6.45) is 5.40. The maximum atomic E-state index is 12.5. The van der Waals surface area contributed by atoms with Crippen LogP contribution in [0.25, 0.3) is 5.69 Å². The first kappa shape index (κ1) is 20.4. The van der Waals surface area contributed by atoms with Gasteiger partial charge in [-0.05, 0) is 32.0 Å². The first-order chi connectivity index (χ1) is 14.8. The Morgan fingerprint density at radius 1 is 1.35 bits per heavy atom. The highest BCUT2D eigenvalue weighted by Crippen LogP contribution is 2.41. The van der Waals surface area contributed by atoms with Gasteiger partial charge in [0.25, 0.3) is 11.6 Å². The summed E-state index contributed by atoms with van der Waals surface area (Å²) in [5, 5.41) is 14.2. The number of hydrogen-bond acceptors (Lipinski definition) is 6. The molecular weight excluding hydrogens is 400 g/mol. The number of nitro groups is 1. The normalized spacial score (nSPS) is 13.9. The molecular formula is C22H22N4O5. The van der Waals surface area contributed by atoms with Crippen molar-refractivity contribution in [2.24, 2.45) is 0 Å². The highest BCUT2D eigenvalue weighted by Gasteiger charge is 2.32. The van der Waals surface area contributed by atoms with Crippen LogP contribution >= 0.6 is 0 Å². The van der Waals surface area contributed by atoms with Crippen molar-refractivity contribution in [3.8, 4) is 17.2 Å². The van der Waals surface area contributed by atoms with Crippen LogP contribution in [0.4, 0.5) is 5.69 Å². The molecule has 0 fully saturated rings. The van der Waals surface area contributed by atoms with Crippen molar-refractivity contribution in [1.29, 1.82) is 0 Å². The number of nitrogens with zero attached hydrogens (tertiary/aromatic N) is 3. The lowest BCUT2D eigenvalue weighted by atomic mass is 10.0. The lowest BCUT2D eigenvalue weighted by Crippen LogP contribution is -2.28. The number of ether oxygens (including phenoxy) is 2. The van der Waals surface area contributed by atoms with E-state index in [2.05, 4.69) is 10.3 Å². The van der Waals surface area contributed by atoms with E-state index in [4.69, 9.17) is 9.47 Å². The summed E-state index contributed by atoms with van der Waals surface area (Å²) in [5.41, 5.74) is 1.18. The molecule has 1 aliphatic rings. The highest BCUT2D eigenvalue weighted by molar-refractivity contribution is 5.95. The van der Waals surface area contributed by atoms with Crippen molar-refractivity contribution in [2.75, 3.05) is 13.2 Å². The number of benzene rings is 2. The minimum atomic E-state index is -0.521. The van der Waals surface area contributed by atoms with E-state index >= 15 is 0 Å². The van der Waals surface area contributed by atoms with E-state index in [0.29, 0.717) is 11.4 Å². The lowest BCUT2D eigenvalue weighted by Gasteiger charge is -2.18. The number of aromatic nitrogens is 2. The molecule has 0 spiro atoms. The van der Waals surface area contributed by atoms with Gasteiger partial charge in [-0.15, -0.1) is 0 Å². The van der Waals surface area contributed by atoms with Crippen LogP contribution in [0.1, 0.15) is 29.8 Å². The minimum Gasteiger partial charge on any atom is -0.488 e. The maximum absolute atomic E-state index is 12.5. The van der Waals surface area contributed by atoms with Gasteiger partial charge in [-0.3, -0.25) is 14.9 Å². The Morgan fingerprint density at radius 3 is 2.94 bits per heavy atom. The van der Waals surface area contributed by atoms with Gasteiger partial charge in [0.2, 0.25) is 0 Å². The van der Waals surface area contributed by atoms with Gasteiger partial charge in [0.1, 0.15) is 17.9 Å². The second kappa shape index (κ2) is 8.10. The number of amides is 1. The smallest absolute Gasteiger partial charge is 0.294 e. The summed E-state index contributed by atoms with van der Waals surface area (Å²) in [6, 6.07) is 10.1. The number of para-hydroxylation sites is 1. The number of nitro benzene ring substituents is 1. The Morgan fingerprint density at radius 2 is 2.19 bits per heavy atom. The molecule has 160 valence electrons. The molecule has 4 rings (SSSR count). The van der Waals surface area contributed by atoms with Gasteiger partial charge in [0, 0.05) is 36.0 Å². The molecule has 0 aliphatic carbocycles. The standard InChI is InChI=1S/C22H22N4O5/c1-22(2)13-16-4-3-5-19(20(16)31-22)30-11-9-24-21(27)15-6-7-17(18(12-15)26(28)29)25-10-8-23-14-25/h3-8,10,12,14H,9,11,13H2,1-2H3,(H,24,27). The van der Waals surface area contributed by atoms with E-state index in [1.165, 1.54) is 29.2 Å². The molecule has 9 heteroatoms. The minimum absolute atomic E-state index is 0.179. The molecule has 31 heavy (non-hydrogen) atoms. The summed E-state index contributed by atoms with van der Waals surface area (Å²) < 4.78 is 13.3. The van der Waals surface area contributed by atoms with E-state index in [1.807, 2.05) is 32.0 Å². The maximum Gasteiger partial charge on any atom is 0.294 e. The monoisotopic (exact) mass is 422 g/mol. The van der Waals surface area contributed by atoms with Crippen LogP contribution in [0.3, 0.4) is 0 Å². The Labute approximate surface area is 178 Å². The van der Waals surface area contributed by atoms with E-state index in [-0.39, 0.29) is 30.0 Å². The second-order valence-electron chi connectivity index (χ2n) is 7.82. The fourth-order valence-electron chi connectivity index (χ4n) is 3.56. The summed E-state index contributed by atoms with van der Waals surface area (Å²) in [5.74, 6) is 0.960. The fourth-order valence-corrected chi connectivity index (χ4v) is 3.56. The number of carbonyl (C=O) groups excluding carboxylic acids is 1. The van der Waals surface area contributed by atoms with E-state index in [1.54, 1.807) is 12.3 Å². The molecule has 0 saturated heterocycles. The predicted octanol–water partition coefficient (Wildman–Crippen LogP) is 3.30. The van der Waals surface area contributed by atoms with Crippen molar-refractivity contribution in [3.63, 3.8) is 0 Å². The first-order valence-electron chi connectivity index (χ1n) is 9.83. The number of imidazole rings is 1. The number of fused-ring (bicyclic) bond motifs is 1. The molecule has 0 atom stereocenters. The predicted molar refractivity (Wildman–Crippen MR) is 113 cm³/mol. The average Bonchev–Trinajstić information content (AvgIpc) is 3.37. The van der Waals surface area contributed by atoms with E-state index < -0.39 is 10.8 Å². The molecule has 9 nitrogen and oxygen atoms in total. The molecule has 1 aromatic heterocycles. The van der Waals surface area contributed by atoms with Gasteiger partial charge in [-0.1, -0.05) is 12.1 Å². The SMILES string of the molecule is CC1(C)Cc2cccc(OCCNC(=O)c3ccc(-n4ccnc4)c([N+](=O)[O-])c3)c2O1. The Bertz CT molecular complexity index is 1120. The van der Waals surface area contributed by atoms with Crippen molar-refractivity contribution < 1.29 is 19.2 Å². The van der Waals surface area contributed by atoms with Crippen LogP contribution in [0.15, 0.2) is 55.1 Å². The Balaban J connectivity index is 1.38. The van der Waals surface area contributed by atoms with Gasteiger partial charge < -0.3 is 19.4 Å². The van der Waals surface area contributed by atoms with Crippen LogP contribution in [0, 0.1) is 10.1 Å². The number of rotatable bonds is 7. The molecule has 0 unspecified atom stereocenters. The third kappa shape index (κ3) is 4.35. The molecule has 0 radical (unpaired) electrons. The third-order valence-corrected chi connectivity index (χ3v) is 4.92. The molecule has 0 bridgehead atoms. The number of hydrogen-bond donors (Lipinski definition) is 1. The summed E-state index contributed by atoms with van der Waals surface area (Å²) in [6.45, 7) is 4.52. The molecule has 1 amide bonds. The lowest BCUT2D eigenvalue weighted by molar-refractivity contribution is -0.384.